The zero-order valence-corrected chi connectivity index (χ0v) is 7.98. The maximum atomic E-state index is 4.34. The number of hydrogen-bond donors (Lipinski definition) is 1. The Hall–Kier alpha value is 0.270. The monoisotopic (exact) mass is 172 g/mol. The van der Waals surface area contributed by atoms with Crippen LogP contribution >= 0.6 is 12.8 Å². The lowest BCUT2D eigenvalue weighted by atomic mass is 9.73. The van der Waals surface area contributed by atoms with E-state index in [1.165, 1.54) is 39.0 Å². The molecule has 0 unspecified atom stereocenters. The minimum absolute atomic E-state index is 0.688. The second-order valence-electron chi connectivity index (χ2n) is 4.13. The number of piperidine rings is 1. The summed E-state index contributed by atoms with van der Waals surface area (Å²) in [4.78, 5) is 2.41. The molecular weight excluding hydrogens is 156 g/mol. The molecule has 64 valence electrons. The van der Waals surface area contributed by atoms with Gasteiger partial charge in [0.05, 0.1) is 0 Å². The third kappa shape index (κ3) is 1.42. The number of rotatable bonds is 0. The molecule has 11 heavy (non-hydrogen) atoms. The summed E-state index contributed by atoms with van der Waals surface area (Å²) >= 11 is 4.34. The lowest BCUT2D eigenvalue weighted by Crippen LogP contribution is -2.57. The molecule has 0 atom stereocenters. The van der Waals surface area contributed by atoms with Crippen molar-refractivity contribution in [1.82, 2.24) is 9.21 Å². The molecule has 2 saturated heterocycles. The number of nitrogens with zero attached hydrogens (tertiary/aromatic N) is 2. The van der Waals surface area contributed by atoms with E-state index in [1.807, 2.05) is 0 Å². The molecule has 1 spiro atoms. The van der Waals surface area contributed by atoms with E-state index in [0.717, 1.165) is 0 Å². The zero-order chi connectivity index (χ0) is 7.90. The van der Waals surface area contributed by atoms with Gasteiger partial charge in [-0.05, 0) is 25.3 Å². The topological polar surface area (TPSA) is 6.48 Å². The van der Waals surface area contributed by atoms with Gasteiger partial charge in [-0.25, -0.2) is 0 Å². The van der Waals surface area contributed by atoms with E-state index < -0.39 is 0 Å². The standard InChI is InChI=1S/C8H16N2S/c1-9-6-8(7-9)2-4-10(11)5-3-8/h11H,2-7H2,1H3. The van der Waals surface area contributed by atoms with Crippen LogP contribution in [0.2, 0.25) is 0 Å². The van der Waals surface area contributed by atoms with E-state index in [4.69, 9.17) is 0 Å². The fraction of sp³-hybridized carbons (Fsp3) is 1.00. The molecule has 2 fully saturated rings. The summed E-state index contributed by atoms with van der Waals surface area (Å²) < 4.78 is 2.14. The highest BCUT2D eigenvalue weighted by atomic mass is 32.1. The van der Waals surface area contributed by atoms with Crippen molar-refractivity contribution in [2.45, 2.75) is 12.8 Å². The predicted octanol–water partition coefficient (Wildman–Crippen LogP) is 0.859. The van der Waals surface area contributed by atoms with Crippen LogP contribution in [-0.2, 0) is 0 Å². The average molecular weight is 172 g/mol. The van der Waals surface area contributed by atoms with Crippen molar-refractivity contribution in [3.8, 4) is 0 Å². The lowest BCUT2D eigenvalue weighted by Gasteiger charge is -2.52. The van der Waals surface area contributed by atoms with Gasteiger partial charge in [-0.2, -0.15) is 0 Å². The Morgan fingerprint density at radius 3 is 2.18 bits per heavy atom. The van der Waals surface area contributed by atoms with Crippen molar-refractivity contribution < 1.29 is 0 Å². The Balaban J connectivity index is 1.88. The second-order valence-corrected chi connectivity index (χ2v) is 4.69. The molecule has 0 aromatic rings. The Bertz CT molecular complexity index is 144. The normalized spacial score (nSPS) is 32.2. The minimum Gasteiger partial charge on any atom is -0.305 e. The summed E-state index contributed by atoms with van der Waals surface area (Å²) in [5.41, 5.74) is 0.688. The number of likely N-dealkylation sites (tertiary alicyclic amines) is 1. The molecule has 0 saturated carbocycles. The van der Waals surface area contributed by atoms with Crippen LogP contribution in [-0.4, -0.2) is 42.4 Å². The molecular formula is C8H16N2S. The molecule has 0 amide bonds. The van der Waals surface area contributed by atoms with Crippen molar-refractivity contribution in [3.05, 3.63) is 0 Å². The van der Waals surface area contributed by atoms with Crippen LogP contribution in [0.15, 0.2) is 0 Å². The summed E-state index contributed by atoms with van der Waals surface area (Å²) in [6.07, 6.45) is 2.70. The highest BCUT2D eigenvalue weighted by Crippen LogP contribution is 2.39. The van der Waals surface area contributed by atoms with E-state index >= 15 is 0 Å². The van der Waals surface area contributed by atoms with Crippen LogP contribution in [0.4, 0.5) is 0 Å². The molecule has 2 aliphatic heterocycles. The maximum Gasteiger partial charge on any atom is 0.00932 e. The molecule has 2 nitrogen and oxygen atoms in total. The Kier molecular flexibility index (Phi) is 1.90. The van der Waals surface area contributed by atoms with Gasteiger partial charge in [-0.3, -0.25) is 4.31 Å². The van der Waals surface area contributed by atoms with Crippen molar-refractivity contribution >= 4 is 12.8 Å². The SMILES string of the molecule is CN1CC2(CCN(S)CC2)C1. The van der Waals surface area contributed by atoms with E-state index in [2.05, 4.69) is 29.1 Å². The molecule has 2 aliphatic rings. The van der Waals surface area contributed by atoms with Crippen LogP contribution in [0.5, 0.6) is 0 Å². The Morgan fingerprint density at radius 1 is 1.18 bits per heavy atom. The molecule has 0 N–H and O–H groups in total. The van der Waals surface area contributed by atoms with Gasteiger partial charge in [-0.1, -0.05) is 12.8 Å². The maximum absolute atomic E-state index is 4.34. The van der Waals surface area contributed by atoms with Crippen molar-refractivity contribution in [2.24, 2.45) is 5.41 Å². The molecule has 3 heteroatoms. The summed E-state index contributed by atoms with van der Waals surface area (Å²) in [5, 5.41) is 0. The highest BCUT2D eigenvalue weighted by molar-refractivity contribution is 7.77. The third-order valence-electron chi connectivity index (χ3n) is 3.01. The van der Waals surface area contributed by atoms with Crippen LogP contribution in [0, 0.1) is 5.41 Å². The first-order valence-corrected chi connectivity index (χ1v) is 4.73. The predicted molar refractivity (Wildman–Crippen MR) is 49.7 cm³/mol. The van der Waals surface area contributed by atoms with Crippen LogP contribution in [0.3, 0.4) is 0 Å². The molecule has 0 aromatic carbocycles. The van der Waals surface area contributed by atoms with E-state index in [-0.39, 0.29) is 0 Å². The van der Waals surface area contributed by atoms with E-state index in [0.29, 0.717) is 5.41 Å². The van der Waals surface area contributed by atoms with Gasteiger partial charge < -0.3 is 4.90 Å². The number of hydrogen-bond acceptors (Lipinski definition) is 3. The van der Waals surface area contributed by atoms with Gasteiger partial charge in [0.2, 0.25) is 0 Å². The Morgan fingerprint density at radius 2 is 1.73 bits per heavy atom. The molecule has 0 aromatic heterocycles. The lowest BCUT2D eigenvalue weighted by molar-refractivity contribution is -0.0154. The van der Waals surface area contributed by atoms with Crippen molar-refractivity contribution in [3.63, 3.8) is 0 Å². The van der Waals surface area contributed by atoms with E-state index in [9.17, 15) is 0 Å². The summed E-state index contributed by atoms with van der Waals surface area (Å²) in [6.45, 7) is 4.98. The van der Waals surface area contributed by atoms with Crippen LogP contribution < -0.4 is 0 Å². The van der Waals surface area contributed by atoms with Crippen LogP contribution in [0.1, 0.15) is 12.8 Å². The molecule has 0 aliphatic carbocycles. The highest BCUT2D eigenvalue weighted by Gasteiger charge is 2.42. The molecule has 2 heterocycles. The summed E-state index contributed by atoms with van der Waals surface area (Å²) in [6, 6.07) is 0. The van der Waals surface area contributed by atoms with Gasteiger partial charge in [0, 0.05) is 26.2 Å². The van der Waals surface area contributed by atoms with Gasteiger partial charge in [-0.15, -0.1) is 0 Å². The van der Waals surface area contributed by atoms with Gasteiger partial charge in [0.1, 0.15) is 0 Å². The zero-order valence-electron chi connectivity index (χ0n) is 7.08. The first kappa shape index (κ1) is 7.90. The average Bonchev–Trinajstić information content (AvgIpc) is 1.92. The van der Waals surface area contributed by atoms with Crippen LogP contribution in [0.25, 0.3) is 0 Å². The first-order valence-electron chi connectivity index (χ1n) is 4.33. The second kappa shape index (κ2) is 2.64. The fourth-order valence-electron chi connectivity index (χ4n) is 2.38. The van der Waals surface area contributed by atoms with Crippen molar-refractivity contribution in [1.29, 1.82) is 0 Å². The molecule has 0 radical (unpaired) electrons. The Labute approximate surface area is 74.1 Å². The molecule has 2 rings (SSSR count). The third-order valence-corrected chi connectivity index (χ3v) is 3.41. The summed E-state index contributed by atoms with van der Waals surface area (Å²) in [5.74, 6) is 0. The largest absolute Gasteiger partial charge is 0.305 e. The summed E-state index contributed by atoms with van der Waals surface area (Å²) in [7, 11) is 2.21. The minimum atomic E-state index is 0.688. The first-order chi connectivity index (χ1) is 5.20. The molecule has 0 bridgehead atoms. The van der Waals surface area contributed by atoms with Gasteiger partial charge >= 0.3 is 0 Å². The quantitative estimate of drug-likeness (QED) is 0.541. The van der Waals surface area contributed by atoms with Gasteiger partial charge in [0.15, 0.2) is 0 Å². The van der Waals surface area contributed by atoms with Crippen molar-refractivity contribution in [2.75, 3.05) is 33.2 Å². The number of thiol groups is 1. The van der Waals surface area contributed by atoms with Gasteiger partial charge in [0.25, 0.3) is 0 Å². The van der Waals surface area contributed by atoms with E-state index in [1.54, 1.807) is 0 Å². The fourth-order valence-corrected chi connectivity index (χ4v) is 2.58. The smallest absolute Gasteiger partial charge is 0.00932 e.